The first-order valence-corrected chi connectivity index (χ1v) is 19.1. The number of oxazole rings is 1. The number of nitrogens with zero attached hydrogens (tertiary/aromatic N) is 5. The molecule has 6 heteroatoms. The van der Waals surface area contributed by atoms with E-state index in [0.717, 1.165) is 50.5 Å². The summed E-state index contributed by atoms with van der Waals surface area (Å²) in [5.41, 5.74) is 8.07. The number of hydrogen-bond acceptors (Lipinski definition) is 6. The summed E-state index contributed by atoms with van der Waals surface area (Å²) in [6.07, 6.45) is 9.43. The molecule has 11 rings (SSSR count). The Hall–Kier alpha value is -7.18. The summed E-state index contributed by atoms with van der Waals surface area (Å²) < 4.78 is 6.71. The van der Waals surface area contributed by atoms with Crippen LogP contribution in [0.1, 0.15) is 17.5 Å². The summed E-state index contributed by atoms with van der Waals surface area (Å²) in [5.74, 6) is 4.03. The third-order valence-corrected chi connectivity index (χ3v) is 11.3. The monoisotopic (exact) mass is 721 g/mol. The standard InChI is InChI=1S/C50H35N5O/c1-4-13-33(14-5-1)47-52-48(34-15-6-2-7-16-34)54-49(53-47)39-22-12-21-36(29-39)32-23-25-40(26-24-32)55-44-31-38-20-11-10-19-37(38)30-42(44)41-27-28-43-46(45(41)55)56-50(51-43)35-17-8-3-9-18-35/h1-31,41-42,44-45H. The highest BCUT2D eigenvalue weighted by molar-refractivity contribution is 5.75. The quantitative estimate of drug-likeness (QED) is 0.170. The molecule has 0 amide bonds. The molecule has 4 atom stereocenters. The average molecular weight is 722 g/mol. The normalized spacial score (nSPS) is 18.9. The van der Waals surface area contributed by atoms with Crippen LogP contribution in [0.2, 0.25) is 0 Å². The molecule has 1 aliphatic heterocycles. The van der Waals surface area contributed by atoms with Crippen molar-refractivity contribution >= 4 is 23.9 Å². The van der Waals surface area contributed by atoms with E-state index in [9.17, 15) is 0 Å². The molecule has 0 spiro atoms. The summed E-state index contributed by atoms with van der Waals surface area (Å²) in [6, 6.07) is 56.7. The van der Waals surface area contributed by atoms with Crippen molar-refractivity contribution in [3.8, 4) is 56.7 Å². The van der Waals surface area contributed by atoms with Crippen LogP contribution in [-0.2, 0) is 0 Å². The maximum absolute atomic E-state index is 6.71. The van der Waals surface area contributed by atoms with E-state index >= 15 is 0 Å². The zero-order chi connectivity index (χ0) is 37.0. The number of fused-ring (bicyclic) bond motifs is 6. The minimum absolute atomic E-state index is 0.00703. The molecule has 3 aliphatic rings. The lowest BCUT2D eigenvalue weighted by Gasteiger charge is -2.33. The number of benzene rings is 6. The van der Waals surface area contributed by atoms with Gasteiger partial charge in [0.15, 0.2) is 23.2 Å². The Bertz CT molecular complexity index is 2830. The Morgan fingerprint density at radius 1 is 0.446 bits per heavy atom. The van der Waals surface area contributed by atoms with Crippen LogP contribution in [0, 0.1) is 11.8 Å². The SMILES string of the molecule is C1=CC2C3C=c4ccccc4=CC3N(c3ccc(-c4cccc(-c5nc(-c6ccccc6)nc(-c6ccccc6)n5)c4)cc3)C2c2oc(-c3ccccc3)nc21. The molecule has 0 N–H and O–H groups in total. The molecule has 0 radical (unpaired) electrons. The molecule has 1 fully saturated rings. The molecule has 3 heterocycles. The van der Waals surface area contributed by atoms with Crippen molar-refractivity contribution in [2.75, 3.05) is 4.90 Å². The molecule has 56 heavy (non-hydrogen) atoms. The molecule has 8 aromatic rings. The van der Waals surface area contributed by atoms with Crippen molar-refractivity contribution in [1.82, 2.24) is 19.9 Å². The van der Waals surface area contributed by atoms with Crippen molar-refractivity contribution in [1.29, 1.82) is 0 Å². The van der Waals surface area contributed by atoms with Crippen LogP contribution in [0.25, 0.3) is 75.0 Å². The van der Waals surface area contributed by atoms with E-state index in [-0.39, 0.29) is 23.9 Å². The van der Waals surface area contributed by atoms with Crippen LogP contribution in [-0.4, -0.2) is 26.0 Å². The van der Waals surface area contributed by atoms with E-state index in [0.29, 0.717) is 23.4 Å². The summed E-state index contributed by atoms with van der Waals surface area (Å²) in [5, 5.41) is 2.55. The Labute approximate surface area is 324 Å². The smallest absolute Gasteiger partial charge is 0.226 e. The van der Waals surface area contributed by atoms with Gasteiger partial charge in [0, 0.05) is 39.8 Å². The second-order valence-electron chi connectivity index (χ2n) is 14.6. The van der Waals surface area contributed by atoms with Crippen LogP contribution in [0.4, 0.5) is 5.69 Å². The Morgan fingerprint density at radius 3 is 1.66 bits per heavy atom. The maximum Gasteiger partial charge on any atom is 0.226 e. The fraction of sp³-hybridized carbons (Fsp3) is 0.0800. The molecule has 0 saturated carbocycles. The number of hydrogen-bond donors (Lipinski definition) is 0. The molecule has 2 aliphatic carbocycles. The Morgan fingerprint density at radius 2 is 1.00 bits per heavy atom. The molecule has 2 aromatic heterocycles. The van der Waals surface area contributed by atoms with Gasteiger partial charge < -0.3 is 9.32 Å². The first-order chi connectivity index (χ1) is 27.7. The molecule has 0 bridgehead atoms. The van der Waals surface area contributed by atoms with Crippen molar-refractivity contribution in [2.24, 2.45) is 11.8 Å². The van der Waals surface area contributed by atoms with Crippen molar-refractivity contribution in [3.05, 3.63) is 192 Å². The van der Waals surface area contributed by atoms with Gasteiger partial charge in [0.2, 0.25) is 5.89 Å². The topological polar surface area (TPSA) is 67.9 Å². The largest absolute Gasteiger partial charge is 0.438 e. The average Bonchev–Trinajstić information content (AvgIpc) is 3.86. The van der Waals surface area contributed by atoms with Gasteiger partial charge in [0.1, 0.15) is 5.69 Å². The highest BCUT2D eigenvalue weighted by Gasteiger charge is 2.51. The number of anilines is 1. The molecule has 4 unspecified atom stereocenters. The molecule has 6 aromatic carbocycles. The van der Waals surface area contributed by atoms with Crippen LogP contribution in [0.5, 0.6) is 0 Å². The minimum atomic E-state index is -0.00703. The van der Waals surface area contributed by atoms with Crippen LogP contribution in [0.3, 0.4) is 0 Å². The molecular formula is C50H35N5O. The van der Waals surface area contributed by atoms with Crippen molar-refractivity contribution in [3.63, 3.8) is 0 Å². The van der Waals surface area contributed by atoms with Crippen molar-refractivity contribution < 1.29 is 4.42 Å². The van der Waals surface area contributed by atoms with Gasteiger partial charge in [-0.15, -0.1) is 0 Å². The van der Waals surface area contributed by atoms with Gasteiger partial charge in [-0.2, -0.15) is 0 Å². The molecular weight excluding hydrogens is 687 g/mol. The highest BCUT2D eigenvalue weighted by atomic mass is 16.4. The summed E-state index contributed by atoms with van der Waals surface area (Å²) in [7, 11) is 0. The van der Waals surface area contributed by atoms with E-state index in [4.69, 9.17) is 24.4 Å². The third kappa shape index (κ3) is 5.57. The fourth-order valence-electron chi connectivity index (χ4n) is 8.65. The lowest BCUT2D eigenvalue weighted by molar-refractivity contribution is 0.422. The van der Waals surface area contributed by atoms with Gasteiger partial charge in [0.05, 0.1) is 12.1 Å². The zero-order valence-corrected chi connectivity index (χ0v) is 30.4. The van der Waals surface area contributed by atoms with Crippen LogP contribution >= 0.6 is 0 Å². The van der Waals surface area contributed by atoms with Crippen molar-refractivity contribution in [2.45, 2.75) is 12.1 Å². The van der Waals surface area contributed by atoms with Crippen LogP contribution < -0.4 is 15.3 Å². The van der Waals surface area contributed by atoms with Gasteiger partial charge in [-0.05, 0) is 58.0 Å². The highest BCUT2D eigenvalue weighted by Crippen LogP contribution is 2.53. The first kappa shape index (κ1) is 32.3. The summed E-state index contributed by atoms with van der Waals surface area (Å²) >= 11 is 0. The van der Waals surface area contributed by atoms with E-state index in [1.54, 1.807) is 0 Å². The zero-order valence-electron chi connectivity index (χ0n) is 30.4. The predicted octanol–water partition coefficient (Wildman–Crippen LogP) is 9.66. The predicted molar refractivity (Wildman–Crippen MR) is 223 cm³/mol. The van der Waals surface area contributed by atoms with E-state index in [1.165, 1.54) is 10.4 Å². The maximum atomic E-state index is 6.71. The molecule has 6 nitrogen and oxygen atoms in total. The van der Waals surface area contributed by atoms with Gasteiger partial charge in [-0.1, -0.05) is 152 Å². The fourth-order valence-corrected chi connectivity index (χ4v) is 8.65. The second-order valence-corrected chi connectivity index (χ2v) is 14.6. The van der Waals surface area contributed by atoms with Gasteiger partial charge in [-0.3, -0.25) is 0 Å². The van der Waals surface area contributed by atoms with Crippen LogP contribution in [0.15, 0.2) is 174 Å². The summed E-state index contributed by atoms with van der Waals surface area (Å²) in [4.78, 5) is 22.4. The van der Waals surface area contributed by atoms with Gasteiger partial charge >= 0.3 is 0 Å². The number of rotatable bonds is 6. The Kier molecular flexibility index (Phi) is 7.66. The summed E-state index contributed by atoms with van der Waals surface area (Å²) in [6.45, 7) is 0. The van der Waals surface area contributed by atoms with E-state index < -0.39 is 0 Å². The first-order valence-electron chi connectivity index (χ1n) is 19.1. The number of aromatic nitrogens is 4. The third-order valence-electron chi connectivity index (χ3n) is 11.3. The molecule has 1 saturated heterocycles. The minimum Gasteiger partial charge on any atom is -0.438 e. The lowest BCUT2D eigenvalue weighted by atomic mass is 9.81. The Balaban J connectivity index is 0.975. The molecule has 266 valence electrons. The van der Waals surface area contributed by atoms with E-state index in [2.05, 4.69) is 114 Å². The van der Waals surface area contributed by atoms with E-state index in [1.807, 2.05) is 78.9 Å². The van der Waals surface area contributed by atoms with Gasteiger partial charge in [-0.25, -0.2) is 19.9 Å². The lowest BCUT2D eigenvalue weighted by Crippen LogP contribution is -2.40. The van der Waals surface area contributed by atoms with Gasteiger partial charge in [0.25, 0.3) is 0 Å². The second kappa shape index (κ2) is 13.3.